The van der Waals surface area contributed by atoms with Crippen LogP contribution in [0.1, 0.15) is 52.2 Å². The summed E-state index contributed by atoms with van der Waals surface area (Å²) in [5.41, 5.74) is 7.18. The molecule has 0 saturated heterocycles. The maximum absolute atomic E-state index is 13.5. The second-order valence-electron chi connectivity index (χ2n) is 9.23. The van der Waals surface area contributed by atoms with Gasteiger partial charge in [0.1, 0.15) is 17.2 Å². The molecule has 5 rings (SSSR count). The van der Waals surface area contributed by atoms with E-state index < -0.39 is 39.5 Å². The second-order valence-corrected chi connectivity index (χ2v) is 10.9. The molecule has 11 heteroatoms. The van der Waals surface area contributed by atoms with Gasteiger partial charge in [-0.3, -0.25) is 9.52 Å². The lowest BCUT2D eigenvalue weighted by Crippen LogP contribution is -2.18. The average Bonchev–Trinajstić information content (AvgIpc) is 3.64. The number of nitrogen functional groups attached to an aromatic ring is 1. The summed E-state index contributed by atoms with van der Waals surface area (Å²) in [7, 11) is -2.54. The minimum absolute atomic E-state index is 0.0840. The van der Waals surface area contributed by atoms with E-state index in [-0.39, 0.29) is 39.8 Å². The van der Waals surface area contributed by atoms with E-state index in [0.29, 0.717) is 16.5 Å². The van der Waals surface area contributed by atoms with Gasteiger partial charge in [-0.05, 0) is 72.4 Å². The van der Waals surface area contributed by atoms with Gasteiger partial charge in [-0.2, -0.15) is 0 Å². The van der Waals surface area contributed by atoms with Crippen LogP contribution in [0.25, 0.3) is 22.3 Å². The van der Waals surface area contributed by atoms with Gasteiger partial charge in [0.2, 0.25) is 10.0 Å². The molecule has 0 aliphatic heterocycles. The number of alkyl halides is 2. The van der Waals surface area contributed by atoms with E-state index in [4.69, 9.17) is 10.2 Å². The fraction of sp³-hybridized carbons (Fsp3) is 0.222. The zero-order chi connectivity index (χ0) is 27.2. The lowest BCUT2D eigenvalue weighted by Gasteiger charge is -2.14. The SMILES string of the molecule is CNC(=O)c1c(-c2ccc(F)cc2)oc2cc(NS(=O)(=O)Cc3ccc(N)c(C(F)F)c3)c(C3CC3)cc12. The number of nitrogens with two attached hydrogens (primary N) is 1. The van der Waals surface area contributed by atoms with Gasteiger partial charge in [-0.25, -0.2) is 21.6 Å². The van der Waals surface area contributed by atoms with E-state index in [0.717, 1.165) is 18.9 Å². The number of hydrogen-bond acceptors (Lipinski definition) is 5. The van der Waals surface area contributed by atoms with Crippen molar-refractivity contribution < 1.29 is 30.8 Å². The number of amides is 1. The monoisotopic (exact) mass is 543 g/mol. The summed E-state index contributed by atoms with van der Waals surface area (Å²) in [5.74, 6) is -1.09. The number of halogens is 3. The third-order valence-corrected chi connectivity index (χ3v) is 7.69. The number of carbonyl (C=O) groups excluding carboxylic acids is 1. The van der Waals surface area contributed by atoms with Crippen LogP contribution in [0.5, 0.6) is 0 Å². The van der Waals surface area contributed by atoms with Crippen LogP contribution in [-0.2, 0) is 15.8 Å². The quantitative estimate of drug-likeness (QED) is 0.238. The Hall–Kier alpha value is -3.99. The van der Waals surface area contributed by atoms with Crippen molar-refractivity contribution in [2.24, 2.45) is 0 Å². The normalized spacial score (nSPS) is 13.7. The number of hydrogen-bond donors (Lipinski definition) is 3. The lowest BCUT2D eigenvalue weighted by molar-refractivity contribution is 0.0964. The van der Waals surface area contributed by atoms with Crippen LogP contribution in [0.3, 0.4) is 0 Å². The first-order valence-corrected chi connectivity index (χ1v) is 13.5. The average molecular weight is 544 g/mol. The molecule has 3 aromatic carbocycles. The third-order valence-electron chi connectivity index (χ3n) is 6.45. The standard InChI is InChI=1S/C27H24F3N3O4S/c1-32-27(34)24-20-11-18(15-3-4-15)22(12-23(20)37-25(24)16-5-7-17(28)8-6-16)33-38(35,36)13-14-2-9-21(31)19(10-14)26(29)30/h2,5-12,15,26,33H,3-4,13,31H2,1H3,(H,32,34). The lowest BCUT2D eigenvalue weighted by atomic mass is 10.0. The topological polar surface area (TPSA) is 114 Å². The summed E-state index contributed by atoms with van der Waals surface area (Å²) in [5, 5.41) is 3.09. The first kappa shape index (κ1) is 25.7. The molecule has 0 unspecified atom stereocenters. The molecule has 1 amide bonds. The van der Waals surface area contributed by atoms with Crippen LogP contribution in [0, 0.1) is 5.82 Å². The zero-order valence-corrected chi connectivity index (χ0v) is 21.0. The highest BCUT2D eigenvalue weighted by molar-refractivity contribution is 7.91. The Balaban J connectivity index is 1.56. The molecule has 0 spiro atoms. The smallest absolute Gasteiger partial charge is 0.265 e. The Kier molecular flexibility index (Phi) is 6.56. The molecule has 4 N–H and O–H groups in total. The first-order valence-electron chi connectivity index (χ1n) is 11.8. The number of furan rings is 1. The predicted molar refractivity (Wildman–Crippen MR) is 139 cm³/mol. The maximum Gasteiger partial charge on any atom is 0.265 e. The maximum atomic E-state index is 13.5. The number of sulfonamides is 1. The molecule has 1 aliphatic carbocycles. The van der Waals surface area contributed by atoms with Crippen molar-refractivity contribution >= 4 is 38.3 Å². The number of fused-ring (bicyclic) bond motifs is 1. The first-order chi connectivity index (χ1) is 18.1. The predicted octanol–water partition coefficient (Wildman–Crippen LogP) is 5.94. The number of rotatable bonds is 8. The van der Waals surface area contributed by atoms with E-state index in [1.165, 1.54) is 49.5 Å². The van der Waals surface area contributed by atoms with E-state index in [9.17, 15) is 26.4 Å². The van der Waals surface area contributed by atoms with E-state index in [1.54, 1.807) is 6.07 Å². The van der Waals surface area contributed by atoms with Crippen LogP contribution in [0.2, 0.25) is 0 Å². The summed E-state index contributed by atoms with van der Waals surface area (Å²) >= 11 is 0. The molecular formula is C27H24F3N3O4S. The summed E-state index contributed by atoms with van der Waals surface area (Å²) in [4.78, 5) is 12.8. The van der Waals surface area contributed by atoms with Crippen molar-refractivity contribution in [2.75, 3.05) is 17.5 Å². The van der Waals surface area contributed by atoms with Gasteiger partial charge >= 0.3 is 0 Å². The Morgan fingerprint density at radius 3 is 2.45 bits per heavy atom. The van der Waals surface area contributed by atoms with Crippen molar-refractivity contribution in [2.45, 2.75) is 30.9 Å². The third kappa shape index (κ3) is 5.06. The van der Waals surface area contributed by atoms with Crippen molar-refractivity contribution in [3.63, 3.8) is 0 Å². The highest BCUT2D eigenvalue weighted by Gasteiger charge is 2.31. The van der Waals surface area contributed by atoms with Gasteiger partial charge in [0.15, 0.2) is 0 Å². The minimum atomic E-state index is -4.02. The summed E-state index contributed by atoms with van der Waals surface area (Å²) in [6, 6.07) is 12.5. The summed E-state index contributed by atoms with van der Waals surface area (Å²) in [6.07, 6.45) is -1.15. The van der Waals surface area contributed by atoms with Gasteiger partial charge in [0, 0.05) is 35.3 Å². The molecule has 1 saturated carbocycles. The summed E-state index contributed by atoms with van der Waals surface area (Å²) in [6.45, 7) is 0. The van der Waals surface area contributed by atoms with Crippen LogP contribution in [0.4, 0.5) is 24.5 Å². The molecule has 1 aromatic heterocycles. The molecule has 0 bridgehead atoms. The second kappa shape index (κ2) is 9.71. The van der Waals surface area contributed by atoms with E-state index in [1.807, 2.05) is 0 Å². The van der Waals surface area contributed by atoms with Gasteiger partial charge in [0.25, 0.3) is 12.3 Å². The largest absolute Gasteiger partial charge is 0.455 e. The molecule has 0 atom stereocenters. The minimum Gasteiger partial charge on any atom is -0.455 e. The van der Waals surface area contributed by atoms with Gasteiger partial charge in [-0.1, -0.05) is 6.07 Å². The molecule has 38 heavy (non-hydrogen) atoms. The summed E-state index contributed by atoms with van der Waals surface area (Å²) < 4.78 is 74.8. The van der Waals surface area contributed by atoms with E-state index in [2.05, 4.69) is 10.0 Å². The van der Waals surface area contributed by atoms with Crippen LogP contribution < -0.4 is 15.8 Å². The molecule has 7 nitrogen and oxygen atoms in total. The molecule has 0 radical (unpaired) electrons. The molecule has 1 fully saturated rings. The number of nitrogens with one attached hydrogen (secondary N) is 2. The van der Waals surface area contributed by atoms with Crippen molar-refractivity contribution in [1.82, 2.24) is 5.32 Å². The van der Waals surface area contributed by atoms with Crippen molar-refractivity contribution in [3.05, 3.63) is 82.7 Å². The Bertz CT molecular complexity index is 1650. The fourth-order valence-corrected chi connectivity index (χ4v) is 5.66. The zero-order valence-electron chi connectivity index (χ0n) is 20.2. The van der Waals surface area contributed by atoms with Crippen LogP contribution >= 0.6 is 0 Å². The number of benzene rings is 3. The fourth-order valence-electron chi connectivity index (χ4n) is 4.46. The van der Waals surface area contributed by atoms with Gasteiger partial charge in [-0.15, -0.1) is 0 Å². The Morgan fingerprint density at radius 2 is 1.82 bits per heavy atom. The van der Waals surface area contributed by atoms with Crippen molar-refractivity contribution in [3.8, 4) is 11.3 Å². The van der Waals surface area contributed by atoms with Crippen LogP contribution in [0.15, 0.2) is 59.0 Å². The van der Waals surface area contributed by atoms with Crippen molar-refractivity contribution in [1.29, 1.82) is 0 Å². The van der Waals surface area contributed by atoms with Gasteiger partial charge < -0.3 is 15.5 Å². The molecule has 1 aliphatic rings. The highest BCUT2D eigenvalue weighted by atomic mass is 32.2. The number of anilines is 2. The van der Waals surface area contributed by atoms with Gasteiger partial charge in [0.05, 0.1) is 17.0 Å². The molecule has 1 heterocycles. The number of carbonyl (C=O) groups is 1. The highest BCUT2D eigenvalue weighted by Crippen LogP contribution is 2.47. The Labute approximate surface area is 216 Å². The molecule has 198 valence electrons. The van der Waals surface area contributed by atoms with E-state index >= 15 is 0 Å². The van der Waals surface area contributed by atoms with Crippen LogP contribution in [-0.4, -0.2) is 21.4 Å². The molecular weight excluding hydrogens is 519 g/mol. The Morgan fingerprint density at radius 1 is 1.11 bits per heavy atom. The molecule has 4 aromatic rings.